The largest absolute Gasteiger partial charge is 0.465 e. The maximum absolute atomic E-state index is 12.2. The van der Waals surface area contributed by atoms with E-state index >= 15 is 0 Å². The standard InChI is InChI=1S/C12H24NO6P/c1-18-20(17,19-2)11(14)10(13-12(15)16)8-9-6-4-3-5-7-9/h9-11,13-14H,3-8H2,1-2H3,(H,15,16)/t10-,11?/m0/s1. The smallest absolute Gasteiger partial charge is 0.404 e. The van der Waals surface area contributed by atoms with E-state index in [2.05, 4.69) is 5.32 Å². The van der Waals surface area contributed by atoms with Crippen molar-refractivity contribution in [3.8, 4) is 0 Å². The fourth-order valence-electron chi connectivity index (χ4n) is 2.71. The topological polar surface area (TPSA) is 105 Å². The highest BCUT2D eigenvalue weighted by molar-refractivity contribution is 7.54. The van der Waals surface area contributed by atoms with Gasteiger partial charge in [-0.2, -0.15) is 0 Å². The highest BCUT2D eigenvalue weighted by Crippen LogP contribution is 2.52. The summed E-state index contributed by atoms with van der Waals surface area (Å²) in [5.41, 5.74) is 0. The molecule has 0 heterocycles. The van der Waals surface area contributed by atoms with Gasteiger partial charge in [-0.05, 0) is 12.3 Å². The number of nitrogens with one attached hydrogen (secondary N) is 1. The molecule has 1 rings (SSSR count). The Morgan fingerprint density at radius 3 is 2.30 bits per heavy atom. The lowest BCUT2D eigenvalue weighted by molar-refractivity contribution is 0.120. The number of carbonyl (C=O) groups is 1. The van der Waals surface area contributed by atoms with Gasteiger partial charge in [-0.25, -0.2) is 4.79 Å². The molecule has 1 saturated carbocycles. The Labute approximate surface area is 119 Å². The minimum atomic E-state index is -3.72. The van der Waals surface area contributed by atoms with Gasteiger partial charge in [0, 0.05) is 14.2 Å². The molecule has 0 bridgehead atoms. The van der Waals surface area contributed by atoms with Crippen LogP contribution in [-0.2, 0) is 13.6 Å². The first-order chi connectivity index (χ1) is 9.42. The number of amides is 1. The van der Waals surface area contributed by atoms with Crippen molar-refractivity contribution < 1.29 is 28.6 Å². The van der Waals surface area contributed by atoms with Crippen molar-refractivity contribution in [1.29, 1.82) is 0 Å². The molecule has 0 saturated heterocycles. The number of hydrogen-bond donors (Lipinski definition) is 3. The Kier molecular flexibility index (Phi) is 6.95. The Hall–Kier alpha value is -0.620. The normalized spacial score (nSPS) is 20.4. The second-order valence-electron chi connectivity index (χ2n) is 5.11. The summed E-state index contributed by atoms with van der Waals surface area (Å²) in [6.07, 6.45) is 4.56. The molecule has 2 atom stereocenters. The highest BCUT2D eigenvalue weighted by Gasteiger charge is 2.40. The third-order valence-corrected chi connectivity index (χ3v) is 5.84. The number of aliphatic hydroxyl groups excluding tert-OH is 1. The summed E-state index contributed by atoms with van der Waals surface area (Å²) in [5.74, 6) is -1.19. The first-order valence-electron chi connectivity index (χ1n) is 6.81. The Morgan fingerprint density at radius 2 is 1.85 bits per heavy atom. The first kappa shape index (κ1) is 17.4. The van der Waals surface area contributed by atoms with Crippen molar-refractivity contribution in [3.63, 3.8) is 0 Å². The molecule has 7 nitrogen and oxygen atoms in total. The third-order valence-electron chi connectivity index (χ3n) is 3.81. The third kappa shape index (κ3) is 4.74. The lowest BCUT2D eigenvalue weighted by atomic mass is 9.85. The van der Waals surface area contributed by atoms with Crippen LogP contribution in [0.2, 0.25) is 0 Å². The molecule has 0 aliphatic heterocycles. The van der Waals surface area contributed by atoms with Crippen LogP contribution < -0.4 is 5.32 Å². The zero-order chi connectivity index (χ0) is 15.2. The van der Waals surface area contributed by atoms with Crippen molar-refractivity contribution in [3.05, 3.63) is 0 Å². The van der Waals surface area contributed by atoms with E-state index in [1.165, 1.54) is 20.6 Å². The summed E-state index contributed by atoms with van der Waals surface area (Å²) in [6.45, 7) is 0. The molecule has 1 fully saturated rings. The lowest BCUT2D eigenvalue weighted by Gasteiger charge is -2.31. The van der Waals surface area contributed by atoms with Crippen molar-refractivity contribution in [2.45, 2.75) is 50.4 Å². The van der Waals surface area contributed by atoms with Crippen molar-refractivity contribution in [2.24, 2.45) is 5.92 Å². The van der Waals surface area contributed by atoms with E-state index in [4.69, 9.17) is 14.2 Å². The van der Waals surface area contributed by atoms with Gasteiger partial charge in [0.15, 0.2) is 5.85 Å². The van der Waals surface area contributed by atoms with Gasteiger partial charge in [-0.3, -0.25) is 4.57 Å². The molecule has 1 aliphatic rings. The lowest BCUT2D eigenvalue weighted by Crippen LogP contribution is -2.44. The van der Waals surface area contributed by atoms with Crippen LogP contribution in [0, 0.1) is 5.92 Å². The molecule has 8 heteroatoms. The van der Waals surface area contributed by atoms with Crippen LogP contribution in [0.4, 0.5) is 4.79 Å². The van der Waals surface area contributed by atoms with E-state index in [-0.39, 0.29) is 0 Å². The fourth-order valence-corrected chi connectivity index (χ4v) is 3.92. The maximum Gasteiger partial charge on any atom is 0.404 e. The van der Waals surface area contributed by atoms with Gasteiger partial charge in [0.1, 0.15) is 0 Å². The monoisotopic (exact) mass is 309 g/mol. The van der Waals surface area contributed by atoms with E-state index in [9.17, 15) is 14.5 Å². The Balaban J connectivity index is 2.76. The molecule has 0 spiro atoms. The van der Waals surface area contributed by atoms with Gasteiger partial charge in [0.25, 0.3) is 0 Å². The van der Waals surface area contributed by atoms with Crippen molar-refractivity contribution in [2.75, 3.05) is 14.2 Å². The summed E-state index contributed by atoms with van der Waals surface area (Å²) >= 11 is 0. The second-order valence-corrected chi connectivity index (χ2v) is 7.45. The molecule has 1 aliphatic carbocycles. The molecule has 3 N–H and O–H groups in total. The zero-order valence-electron chi connectivity index (χ0n) is 11.9. The predicted octanol–water partition coefficient (Wildman–Crippen LogP) is 2.40. The SMILES string of the molecule is COP(=O)(OC)C(O)[C@H](CC1CCCCC1)NC(=O)O. The molecule has 0 radical (unpaired) electrons. The van der Waals surface area contributed by atoms with E-state index in [0.29, 0.717) is 12.3 Å². The molecule has 0 aromatic heterocycles. The van der Waals surface area contributed by atoms with Crippen molar-refractivity contribution >= 4 is 13.7 Å². The number of aliphatic hydroxyl groups is 1. The van der Waals surface area contributed by atoms with Crippen LogP contribution in [0.1, 0.15) is 38.5 Å². The number of carboxylic acid groups (broad SMARTS) is 1. The quantitative estimate of drug-likeness (QED) is 0.624. The number of hydrogen-bond acceptors (Lipinski definition) is 5. The summed E-state index contributed by atoms with van der Waals surface area (Å²) in [7, 11) is -1.38. The van der Waals surface area contributed by atoms with Gasteiger partial charge >= 0.3 is 13.7 Å². The number of rotatable bonds is 7. The molecule has 118 valence electrons. The average molecular weight is 309 g/mol. The van der Waals surface area contributed by atoms with Gasteiger partial charge in [0.2, 0.25) is 0 Å². The summed E-state index contributed by atoms with van der Waals surface area (Å²) < 4.78 is 21.7. The molecule has 0 aromatic rings. The Bertz CT molecular complexity index is 350. The van der Waals surface area contributed by atoms with Crippen LogP contribution in [-0.4, -0.2) is 42.4 Å². The molecule has 0 aromatic carbocycles. The van der Waals surface area contributed by atoms with Gasteiger partial charge < -0.3 is 24.6 Å². The molecular weight excluding hydrogens is 285 g/mol. The zero-order valence-corrected chi connectivity index (χ0v) is 12.8. The minimum absolute atomic E-state index is 0.317. The van der Waals surface area contributed by atoms with E-state index in [1.807, 2.05) is 0 Å². The molecule has 20 heavy (non-hydrogen) atoms. The van der Waals surface area contributed by atoms with Crippen LogP contribution in [0.15, 0.2) is 0 Å². The molecule has 1 unspecified atom stereocenters. The molecular formula is C12H24NO6P. The summed E-state index contributed by atoms with van der Waals surface area (Å²) in [4.78, 5) is 10.9. The van der Waals surface area contributed by atoms with Gasteiger partial charge in [0.05, 0.1) is 6.04 Å². The summed E-state index contributed by atoms with van der Waals surface area (Å²) in [6, 6.07) is -0.860. The van der Waals surface area contributed by atoms with Crippen LogP contribution in [0.3, 0.4) is 0 Å². The Morgan fingerprint density at radius 1 is 1.30 bits per heavy atom. The fraction of sp³-hybridized carbons (Fsp3) is 0.917. The maximum atomic E-state index is 12.2. The van der Waals surface area contributed by atoms with E-state index in [0.717, 1.165) is 25.7 Å². The minimum Gasteiger partial charge on any atom is -0.465 e. The van der Waals surface area contributed by atoms with Crippen molar-refractivity contribution in [1.82, 2.24) is 5.32 Å². The van der Waals surface area contributed by atoms with Crippen LogP contribution in [0.25, 0.3) is 0 Å². The van der Waals surface area contributed by atoms with E-state index < -0.39 is 25.6 Å². The molecule has 1 amide bonds. The van der Waals surface area contributed by atoms with Gasteiger partial charge in [-0.15, -0.1) is 0 Å². The van der Waals surface area contributed by atoms with Crippen LogP contribution in [0.5, 0.6) is 0 Å². The highest BCUT2D eigenvalue weighted by atomic mass is 31.2. The average Bonchev–Trinajstić information content (AvgIpc) is 2.45. The predicted molar refractivity (Wildman–Crippen MR) is 73.8 cm³/mol. The second kappa shape index (κ2) is 7.98. The van der Waals surface area contributed by atoms with Gasteiger partial charge in [-0.1, -0.05) is 32.1 Å². The van der Waals surface area contributed by atoms with E-state index in [1.54, 1.807) is 0 Å². The summed E-state index contributed by atoms with van der Waals surface area (Å²) in [5, 5.41) is 21.3. The first-order valence-corrected chi connectivity index (χ1v) is 8.43. The van der Waals surface area contributed by atoms with Crippen LogP contribution >= 0.6 is 7.60 Å².